The Labute approximate surface area is 138 Å². The minimum Gasteiger partial charge on any atom is -0.389 e. The van der Waals surface area contributed by atoms with E-state index in [0.29, 0.717) is 25.1 Å². The molecule has 0 aromatic carbocycles. The lowest BCUT2D eigenvalue weighted by molar-refractivity contribution is -0.0886. The van der Waals surface area contributed by atoms with Crippen molar-refractivity contribution in [3.63, 3.8) is 0 Å². The molecule has 0 bridgehead atoms. The molecule has 2 aliphatic rings. The van der Waals surface area contributed by atoms with E-state index < -0.39 is 5.60 Å². The predicted octanol–water partition coefficient (Wildman–Crippen LogP) is 2.48. The first-order valence-corrected chi connectivity index (χ1v) is 8.76. The molecule has 0 radical (unpaired) electrons. The summed E-state index contributed by atoms with van der Waals surface area (Å²) in [5.74, 6) is 0.291. The molecule has 5 nitrogen and oxygen atoms in total. The molecule has 1 saturated heterocycles. The summed E-state index contributed by atoms with van der Waals surface area (Å²) >= 11 is 0. The third kappa shape index (κ3) is 3.03. The number of carbonyl (C=O) groups excluding carboxylic acids is 1. The van der Waals surface area contributed by atoms with Gasteiger partial charge >= 0.3 is 0 Å². The maximum absolute atomic E-state index is 13.1. The monoisotopic (exact) mass is 319 g/mol. The van der Waals surface area contributed by atoms with Gasteiger partial charge in [0.15, 0.2) is 0 Å². The molecule has 5 heteroatoms. The van der Waals surface area contributed by atoms with Crippen LogP contribution in [0.3, 0.4) is 0 Å². The molecule has 2 unspecified atom stereocenters. The first-order chi connectivity index (χ1) is 10.7. The van der Waals surface area contributed by atoms with Crippen molar-refractivity contribution in [2.24, 2.45) is 13.0 Å². The van der Waals surface area contributed by atoms with E-state index in [2.05, 4.69) is 25.9 Å². The van der Waals surface area contributed by atoms with Gasteiger partial charge in [0.05, 0.1) is 16.9 Å². The summed E-state index contributed by atoms with van der Waals surface area (Å²) in [6.07, 6.45) is 6.73. The molecule has 3 rings (SSSR count). The van der Waals surface area contributed by atoms with Crippen LogP contribution < -0.4 is 0 Å². The quantitative estimate of drug-likeness (QED) is 0.865. The molecule has 2 fully saturated rings. The first-order valence-electron chi connectivity index (χ1n) is 8.76. The maximum atomic E-state index is 13.1. The van der Waals surface area contributed by atoms with Crippen molar-refractivity contribution in [1.82, 2.24) is 14.7 Å². The fourth-order valence-corrected chi connectivity index (χ4v) is 4.12. The maximum Gasteiger partial charge on any atom is 0.257 e. The van der Waals surface area contributed by atoms with Gasteiger partial charge in [-0.2, -0.15) is 5.10 Å². The standard InChI is InChI=1S/C18H29N3O2/c1-17(2,3)15-14(12-20(4)19-15)16(22)21-10-9-18(23)8-6-5-7-13(18)11-21/h12-13,23H,5-11H2,1-4H3. The zero-order valence-corrected chi connectivity index (χ0v) is 14.8. The number of aryl methyl sites for hydroxylation is 1. The number of nitrogens with zero attached hydrogens (tertiary/aromatic N) is 3. The van der Waals surface area contributed by atoms with Gasteiger partial charge in [-0.3, -0.25) is 9.48 Å². The second kappa shape index (κ2) is 5.62. The molecule has 1 aliphatic carbocycles. The summed E-state index contributed by atoms with van der Waals surface area (Å²) in [6, 6.07) is 0. The van der Waals surface area contributed by atoms with Gasteiger partial charge in [0.2, 0.25) is 0 Å². The molecule has 1 aromatic rings. The largest absolute Gasteiger partial charge is 0.389 e. The number of carbonyl (C=O) groups is 1. The number of piperidine rings is 1. The van der Waals surface area contributed by atoms with Crippen LogP contribution >= 0.6 is 0 Å². The number of rotatable bonds is 1. The summed E-state index contributed by atoms with van der Waals surface area (Å²) in [7, 11) is 1.86. The number of aliphatic hydroxyl groups is 1. The number of amides is 1. The minimum absolute atomic E-state index is 0.0654. The number of hydrogen-bond acceptors (Lipinski definition) is 3. The lowest BCUT2D eigenvalue weighted by Gasteiger charge is -2.47. The average Bonchev–Trinajstić information content (AvgIpc) is 2.88. The van der Waals surface area contributed by atoms with Crippen molar-refractivity contribution >= 4 is 5.91 Å². The highest BCUT2D eigenvalue weighted by molar-refractivity contribution is 5.95. The Hall–Kier alpha value is -1.36. The van der Waals surface area contributed by atoms with E-state index >= 15 is 0 Å². The van der Waals surface area contributed by atoms with E-state index in [4.69, 9.17) is 0 Å². The topological polar surface area (TPSA) is 58.4 Å². The molecule has 128 valence electrons. The van der Waals surface area contributed by atoms with E-state index in [1.807, 2.05) is 18.1 Å². The summed E-state index contributed by atoms with van der Waals surface area (Å²) in [5, 5.41) is 15.3. The van der Waals surface area contributed by atoms with E-state index in [1.165, 1.54) is 0 Å². The molecule has 2 heterocycles. The van der Waals surface area contributed by atoms with Crippen LogP contribution in [0.15, 0.2) is 6.20 Å². The fourth-order valence-electron chi connectivity index (χ4n) is 4.12. The number of likely N-dealkylation sites (tertiary alicyclic amines) is 1. The van der Waals surface area contributed by atoms with E-state index in [9.17, 15) is 9.90 Å². The molecule has 1 saturated carbocycles. The highest BCUT2D eigenvalue weighted by Crippen LogP contribution is 2.40. The Kier molecular flexibility index (Phi) is 4.03. The van der Waals surface area contributed by atoms with Crippen LogP contribution in [0.5, 0.6) is 0 Å². The second-order valence-electron chi connectivity index (χ2n) is 8.36. The van der Waals surface area contributed by atoms with Gasteiger partial charge in [0.25, 0.3) is 5.91 Å². The van der Waals surface area contributed by atoms with Crippen LogP contribution in [-0.4, -0.2) is 44.4 Å². The molecular weight excluding hydrogens is 290 g/mol. The zero-order valence-electron chi connectivity index (χ0n) is 14.8. The van der Waals surface area contributed by atoms with Crippen molar-refractivity contribution in [2.75, 3.05) is 13.1 Å². The number of fused-ring (bicyclic) bond motifs is 1. The Bertz CT molecular complexity index is 602. The van der Waals surface area contributed by atoms with Gasteiger partial charge in [-0.05, 0) is 19.3 Å². The fraction of sp³-hybridized carbons (Fsp3) is 0.778. The van der Waals surface area contributed by atoms with Crippen LogP contribution in [0.25, 0.3) is 0 Å². The molecule has 0 spiro atoms. The van der Waals surface area contributed by atoms with Crippen LogP contribution in [0.4, 0.5) is 0 Å². The third-order valence-electron chi connectivity index (χ3n) is 5.48. The first kappa shape index (κ1) is 16.5. The lowest BCUT2D eigenvalue weighted by Crippen LogP contribution is -2.54. The molecule has 1 N–H and O–H groups in total. The minimum atomic E-state index is -0.545. The van der Waals surface area contributed by atoms with Gasteiger partial charge in [-0.25, -0.2) is 0 Å². The average molecular weight is 319 g/mol. The summed E-state index contributed by atoms with van der Waals surface area (Å²) < 4.78 is 1.73. The highest BCUT2D eigenvalue weighted by Gasteiger charge is 2.44. The van der Waals surface area contributed by atoms with Gasteiger partial charge in [0, 0.05) is 37.7 Å². The van der Waals surface area contributed by atoms with Gasteiger partial charge < -0.3 is 10.0 Å². The molecule has 2 atom stereocenters. The highest BCUT2D eigenvalue weighted by atomic mass is 16.3. The summed E-state index contributed by atoms with van der Waals surface area (Å²) in [4.78, 5) is 15.0. The zero-order chi connectivity index (χ0) is 16.8. The SMILES string of the molecule is Cn1cc(C(=O)N2CCC3(O)CCCCC3C2)c(C(C)(C)C)n1. The van der Waals surface area contributed by atoms with Crippen LogP contribution in [-0.2, 0) is 12.5 Å². The third-order valence-corrected chi connectivity index (χ3v) is 5.48. The smallest absolute Gasteiger partial charge is 0.257 e. The number of hydrogen-bond donors (Lipinski definition) is 1. The van der Waals surface area contributed by atoms with Crippen molar-refractivity contribution in [1.29, 1.82) is 0 Å². The number of aromatic nitrogens is 2. The molecule has 1 aliphatic heterocycles. The van der Waals surface area contributed by atoms with Crippen molar-refractivity contribution in [3.8, 4) is 0 Å². The van der Waals surface area contributed by atoms with Gasteiger partial charge in [-0.15, -0.1) is 0 Å². The molecule has 1 amide bonds. The summed E-state index contributed by atoms with van der Waals surface area (Å²) in [6.45, 7) is 7.57. The van der Waals surface area contributed by atoms with E-state index in [0.717, 1.165) is 31.4 Å². The van der Waals surface area contributed by atoms with E-state index in [-0.39, 0.29) is 17.2 Å². The van der Waals surface area contributed by atoms with Crippen molar-refractivity contribution in [2.45, 2.75) is 63.9 Å². The van der Waals surface area contributed by atoms with Crippen LogP contribution in [0.2, 0.25) is 0 Å². The summed E-state index contributed by atoms with van der Waals surface area (Å²) in [5.41, 5.74) is 0.862. The van der Waals surface area contributed by atoms with Crippen molar-refractivity contribution in [3.05, 3.63) is 17.5 Å². The van der Waals surface area contributed by atoms with Gasteiger partial charge in [-0.1, -0.05) is 33.6 Å². The Morgan fingerprint density at radius 2 is 2.09 bits per heavy atom. The van der Waals surface area contributed by atoms with Crippen molar-refractivity contribution < 1.29 is 9.90 Å². The molecule has 23 heavy (non-hydrogen) atoms. The van der Waals surface area contributed by atoms with Crippen LogP contribution in [0.1, 0.15) is 68.9 Å². The van der Waals surface area contributed by atoms with E-state index in [1.54, 1.807) is 4.68 Å². The lowest BCUT2D eigenvalue weighted by atomic mass is 9.71. The normalized spacial score (nSPS) is 28.6. The van der Waals surface area contributed by atoms with Gasteiger partial charge in [0.1, 0.15) is 0 Å². The Morgan fingerprint density at radius 3 is 2.78 bits per heavy atom. The van der Waals surface area contributed by atoms with Crippen LogP contribution in [0, 0.1) is 5.92 Å². The predicted molar refractivity (Wildman–Crippen MR) is 89.3 cm³/mol. The Balaban J connectivity index is 1.82. The Morgan fingerprint density at radius 1 is 1.35 bits per heavy atom. The molecular formula is C18H29N3O2. The molecule has 1 aromatic heterocycles. The second-order valence-corrected chi connectivity index (χ2v) is 8.36.